The van der Waals surface area contributed by atoms with Gasteiger partial charge in [-0.05, 0) is 6.07 Å². The lowest BCUT2D eigenvalue weighted by Crippen LogP contribution is -2.11. The lowest BCUT2D eigenvalue weighted by Gasteiger charge is -2.07. The third-order valence-electron chi connectivity index (χ3n) is 2.11. The van der Waals surface area contributed by atoms with Gasteiger partial charge in [-0.25, -0.2) is 9.97 Å². The molecular weight excluding hydrogens is 275 g/mol. The number of non-ortho nitro benzene ring substituents is 1. The third kappa shape index (κ3) is 2.06. The normalized spacial score (nSPS) is 11.8. The van der Waals surface area contributed by atoms with Gasteiger partial charge in [-0.3, -0.25) is 10.1 Å². The van der Waals surface area contributed by atoms with Gasteiger partial charge in [0.15, 0.2) is 0 Å². The molecule has 18 heavy (non-hydrogen) atoms. The zero-order chi connectivity index (χ0) is 13.5. The van der Waals surface area contributed by atoms with Gasteiger partial charge in [0.1, 0.15) is 10.5 Å². The monoisotopic (exact) mass is 277 g/mol. The van der Waals surface area contributed by atoms with Gasteiger partial charge in [0.25, 0.3) is 5.69 Å². The standard InChI is InChI=1S/C9H3ClF3N3O2/c10-7-6-4(2-1-3-5(6)16(17)18)14-8(15-7)9(11,12)13/h1-3H. The number of nitrogens with zero attached hydrogens (tertiary/aromatic N) is 3. The van der Waals surface area contributed by atoms with Crippen molar-refractivity contribution in [3.8, 4) is 0 Å². The minimum atomic E-state index is -4.76. The van der Waals surface area contributed by atoms with E-state index < -0.39 is 27.8 Å². The molecule has 0 aliphatic carbocycles. The molecule has 0 saturated heterocycles. The molecule has 0 aliphatic rings. The fourth-order valence-corrected chi connectivity index (χ4v) is 1.67. The van der Waals surface area contributed by atoms with Crippen LogP contribution in [-0.4, -0.2) is 14.9 Å². The number of hydrogen-bond acceptors (Lipinski definition) is 4. The second-order valence-electron chi connectivity index (χ2n) is 3.26. The van der Waals surface area contributed by atoms with E-state index in [1.165, 1.54) is 12.1 Å². The summed E-state index contributed by atoms with van der Waals surface area (Å²) in [6.07, 6.45) is -4.76. The van der Waals surface area contributed by atoms with Crippen LogP contribution in [0.2, 0.25) is 5.15 Å². The van der Waals surface area contributed by atoms with E-state index in [9.17, 15) is 23.3 Å². The van der Waals surface area contributed by atoms with Crippen LogP contribution in [0.15, 0.2) is 18.2 Å². The van der Waals surface area contributed by atoms with Gasteiger partial charge in [-0.2, -0.15) is 13.2 Å². The van der Waals surface area contributed by atoms with Crippen molar-refractivity contribution in [2.45, 2.75) is 6.18 Å². The van der Waals surface area contributed by atoms with Crippen LogP contribution in [0, 0.1) is 10.1 Å². The smallest absolute Gasteiger partial charge is 0.258 e. The molecule has 0 unspecified atom stereocenters. The second kappa shape index (κ2) is 4.05. The van der Waals surface area contributed by atoms with Crippen molar-refractivity contribution in [3.05, 3.63) is 39.3 Å². The number of alkyl halides is 3. The molecular formula is C9H3ClF3N3O2. The molecule has 5 nitrogen and oxygen atoms in total. The van der Waals surface area contributed by atoms with Gasteiger partial charge < -0.3 is 0 Å². The lowest BCUT2D eigenvalue weighted by molar-refractivity contribution is -0.383. The fraction of sp³-hybridized carbons (Fsp3) is 0.111. The number of benzene rings is 1. The molecule has 0 spiro atoms. The molecule has 0 aliphatic heterocycles. The van der Waals surface area contributed by atoms with E-state index in [1.54, 1.807) is 0 Å². The first-order valence-electron chi connectivity index (χ1n) is 4.48. The minimum Gasteiger partial charge on any atom is -0.258 e. The van der Waals surface area contributed by atoms with Crippen molar-refractivity contribution < 1.29 is 18.1 Å². The maximum atomic E-state index is 12.4. The number of nitro groups is 1. The first-order valence-corrected chi connectivity index (χ1v) is 4.86. The van der Waals surface area contributed by atoms with E-state index in [1.807, 2.05) is 0 Å². The fourth-order valence-electron chi connectivity index (χ4n) is 1.40. The summed E-state index contributed by atoms with van der Waals surface area (Å²) in [5.41, 5.74) is -0.664. The van der Waals surface area contributed by atoms with Crippen molar-refractivity contribution in [2.24, 2.45) is 0 Å². The summed E-state index contributed by atoms with van der Waals surface area (Å²) in [6.45, 7) is 0. The molecule has 0 radical (unpaired) electrons. The summed E-state index contributed by atoms with van der Waals surface area (Å²) in [4.78, 5) is 16.2. The number of hydrogen-bond donors (Lipinski definition) is 0. The van der Waals surface area contributed by atoms with Gasteiger partial charge in [0.2, 0.25) is 5.82 Å². The first-order chi connectivity index (χ1) is 8.30. The molecule has 0 bridgehead atoms. The van der Waals surface area contributed by atoms with Gasteiger partial charge in [-0.15, -0.1) is 0 Å². The van der Waals surface area contributed by atoms with E-state index in [-0.39, 0.29) is 10.9 Å². The molecule has 0 N–H and O–H groups in total. The van der Waals surface area contributed by atoms with Crippen LogP contribution in [0.25, 0.3) is 10.9 Å². The van der Waals surface area contributed by atoms with Crippen molar-refractivity contribution >= 4 is 28.2 Å². The van der Waals surface area contributed by atoms with Crippen LogP contribution in [0.3, 0.4) is 0 Å². The van der Waals surface area contributed by atoms with E-state index in [4.69, 9.17) is 11.6 Å². The van der Waals surface area contributed by atoms with E-state index in [2.05, 4.69) is 9.97 Å². The number of rotatable bonds is 1. The Hall–Kier alpha value is -1.96. The highest BCUT2D eigenvalue weighted by Crippen LogP contribution is 2.33. The summed E-state index contributed by atoms with van der Waals surface area (Å²) in [5, 5.41) is 9.91. The molecule has 1 aromatic heterocycles. The van der Waals surface area contributed by atoms with E-state index >= 15 is 0 Å². The second-order valence-corrected chi connectivity index (χ2v) is 3.62. The maximum Gasteiger partial charge on any atom is 0.451 e. The molecule has 0 atom stereocenters. The Balaban J connectivity index is 2.81. The highest BCUT2D eigenvalue weighted by atomic mass is 35.5. The van der Waals surface area contributed by atoms with Crippen LogP contribution in [0.5, 0.6) is 0 Å². The summed E-state index contributed by atoms with van der Waals surface area (Å²) in [7, 11) is 0. The third-order valence-corrected chi connectivity index (χ3v) is 2.38. The summed E-state index contributed by atoms with van der Waals surface area (Å²) in [6, 6.07) is 3.54. The highest BCUT2D eigenvalue weighted by Gasteiger charge is 2.36. The molecule has 2 aromatic rings. The molecule has 1 heterocycles. The number of nitro benzene ring substituents is 1. The molecule has 0 amide bonds. The molecule has 94 valence electrons. The van der Waals surface area contributed by atoms with E-state index in [0.717, 1.165) is 6.07 Å². The van der Waals surface area contributed by atoms with E-state index in [0.29, 0.717) is 0 Å². The quantitative estimate of drug-likeness (QED) is 0.456. The van der Waals surface area contributed by atoms with Crippen molar-refractivity contribution in [1.29, 1.82) is 0 Å². The first kappa shape index (κ1) is 12.5. The number of halogens is 4. The van der Waals surface area contributed by atoms with Crippen LogP contribution in [-0.2, 0) is 6.18 Å². The van der Waals surface area contributed by atoms with Crippen molar-refractivity contribution in [1.82, 2.24) is 9.97 Å². The predicted octanol–water partition coefficient (Wildman–Crippen LogP) is 3.21. The predicted molar refractivity (Wildman–Crippen MR) is 56.2 cm³/mol. The molecule has 1 aromatic carbocycles. The largest absolute Gasteiger partial charge is 0.451 e. The Morgan fingerprint density at radius 3 is 2.50 bits per heavy atom. The lowest BCUT2D eigenvalue weighted by atomic mass is 10.2. The number of aromatic nitrogens is 2. The van der Waals surface area contributed by atoms with Crippen LogP contribution in [0.1, 0.15) is 5.82 Å². The SMILES string of the molecule is O=[N+]([O-])c1cccc2nc(C(F)(F)F)nc(Cl)c12. The number of fused-ring (bicyclic) bond motifs is 1. The van der Waals surface area contributed by atoms with Gasteiger partial charge in [0.05, 0.1) is 10.4 Å². The minimum absolute atomic E-state index is 0.211. The Labute approximate surface area is 102 Å². The Bertz CT molecular complexity index is 645. The van der Waals surface area contributed by atoms with Crippen LogP contribution in [0.4, 0.5) is 18.9 Å². The topological polar surface area (TPSA) is 68.9 Å². The molecule has 2 rings (SSSR count). The van der Waals surface area contributed by atoms with Crippen molar-refractivity contribution in [3.63, 3.8) is 0 Å². The molecule has 0 saturated carbocycles. The van der Waals surface area contributed by atoms with Crippen molar-refractivity contribution in [2.75, 3.05) is 0 Å². The molecule has 9 heteroatoms. The average molecular weight is 278 g/mol. The van der Waals surface area contributed by atoms with Gasteiger partial charge in [0, 0.05) is 6.07 Å². The maximum absolute atomic E-state index is 12.4. The Morgan fingerprint density at radius 1 is 1.28 bits per heavy atom. The van der Waals surface area contributed by atoms with Crippen LogP contribution >= 0.6 is 11.6 Å². The average Bonchev–Trinajstić information content (AvgIpc) is 2.26. The Morgan fingerprint density at radius 2 is 1.94 bits per heavy atom. The summed E-state index contributed by atoms with van der Waals surface area (Å²) < 4.78 is 37.3. The zero-order valence-corrected chi connectivity index (χ0v) is 9.16. The Kier molecular flexibility index (Phi) is 2.81. The van der Waals surface area contributed by atoms with Gasteiger partial charge in [-0.1, -0.05) is 17.7 Å². The summed E-state index contributed by atoms with van der Waals surface area (Å²) >= 11 is 5.56. The highest BCUT2D eigenvalue weighted by molar-refractivity contribution is 6.34. The van der Waals surface area contributed by atoms with Gasteiger partial charge >= 0.3 is 6.18 Å². The van der Waals surface area contributed by atoms with Crippen LogP contribution < -0.4 is 0 Å². The molecule has 0 fully saturated rings. The zero-order valence-electron chi connectivity index (χ0n) is 8.40. The summed E-state index contributed by atoms with van der Waals surface area (Å²) in [5.74, 6) is -1.43.